The molecule has 0 aliphatic heterocycles. The highest BCUT2D eigenvalue weighted by atomic mass is 16.5. The van der Waals surface area contributed by atoms with Crippen LogP contribution in [-0.2, 0) is 14.3 Å². The van der Waals surface area contributed by atoms with Crippen LogP contribution >= 0.6 is 0 Å². The molecular weight excluding hydrogens is 516 g/mol. The van der Waals surface area contributed by atoms with Gasteiger partial charge in [0.05, 0.1) is 12.2 Å². The van der Waals surface area contributed by atoms with Gasteiger partial charge in [-0.1, -0.05) is 115 Å². The standard InChI is InChI=1S/C39H66O3/c1-13-27(2)18-15-14-16-19-28(3)22-31(6)34(9)39(42-12)35(10)32(7)23-33(8)38(40)25-30(5)29(4)24-36-20-17-21-37(26-36)41-11/h14-16,18-19,23,28-31,33,35-37,39H,9,13,17,20-22,24-26H2,1-8,10-12H3/b15-14+,19-16+,27-18+,32-23+/t28-,29-,30?,31?,33-,35-,36?,37?,39+/m1/s1. The van der Waals surface area contributed by atoms with E-state index in [0.717, 1.165) is 24.3 Å². The molecule has 1 aliphatic carbocycles. The third-order valence-corrected chi connectivity index (χ3v) is 10.0. The van der Waals surface area contributed by atoms with Gasteiger partial charge in [-0.15, -0.1) is 0 Å². The van der Waals surface area contributed by atoms with Gasteiger partial charge in [-0.2, -0.15) is 0 Å². The number of methoxy groups -OCH3 is 2. The summed E-state index contributed by atoms with van der Waals surface area (Å²) in [5.41, 5.74) is 3.73. The van der Waals surface area contributed by atoms with E-state index in [9.17, 15) is 4.79 Å². The van der Waals surface area contributed by atoms with Gasteiger partial charge in [-0.3, -0.25) is 4.79 Å². The second-order valence-electron chi connectivity index (χ2n) is 13.7. The lowest BCUT2D eigenvalue weighted by molar-refractivity contribution is -0.122. The molecule has 0 spiro atoms. The Bertz CT molecular complexity index is 922. The Morgan fingerprint density at radius 1 is 0.976 bits per heavy atom. The first-order valence-corrected chi connectivity index (χ1v) is 16.8. The first kappa shape index (κ1) is 38.3. The maximum absolute atomic E-state index is 13.3. The summed E-state index contributed by atoms with van der Waals surface area (Å²) in [6.07, 6.45) is 22.2. The average Bonchev–Trinajstić information content (AvgIpc) is 2.96. The molecule has 42 heavy (non-hydrogen) atoms. The Morgan fingerprint density at radius 3 is 2.29 bits per heavy atom. The predicted molar refractivity (Wildman–Crippen MR) is 183 cm³/mol. The zero-order valence-electron chi connectivity index (χ0n) is 29.2. The fourth-order valence-corrected chi connectivity index (χ4v) is 6.41. The van der Waals surface area contributed by atoms with Crippen LogP contribution in [0.3, 0.4) is 0 Å². The number of ether oxygens (including phenoxy) is 2. The Hall–Kier alpha value is -1.71. The third kappa shape index (κ3) is 13.7. The Kier molecular flexibility index (Phi) is 18.5. The molecular formula is C39H66O3. The lowest BCUT2D eigenvalue weighted by atomic mass is 9.77. The molecule has 9 atom stereocenters. The van der Waals surface area contributed by atoms with Crippen molar-refractivity contribution in [1.82, 2.24) is 0 Å². The van der Waals surface area contributed by atoms with Crippen molar-refractivity contribution in [3.8, 4) is 0 Å². The molecule has 0 heterocycles. The fourth-order valence-electron chi connectivity index (χ4n) is 6.41. The fraction of sp³-hybridized carbons (Fsp3) is 0.718. The van der Waals surface area contributed by atoms with Crippen LogP contribution in [0.25, 0.3) is 0 Å². The molecule has 4 unspecified atom stereocenters. The van der Waals surface area contributed by atoms with Crippen LogP contribution in [0.1, 0.15) is 114 Å². The molecule has 3 nitrogen and oxygen atoms in total. The topological polar surface area (TPSA) is 35.5 Å². The van der Waals surface area contributed by atoms with E-state index >= 15 is 0 Å². The number of ketones is 1. The number of hydrogen-bond donors (Lipinski definition) is 0. The summed E-state index contributed by atoms with van der Waals surface area (Å²) in [5, 5.41) is 0. The van der Waals surface area contributed by atoms with Crippen LogP contribution in [0.4, 0.5) is 0 Å². The Balaban J connectivity index is 2.68. The molecule has 1 saturated carbocycles. The second-order valence-corrected chi connectivity index (χ2v) is 13.7. The molecule has 0 amide bonds. The van der Waals surface area contributed by atoms with Gasteiger partial charge in [-0.25, -0.2) is 0 Å². The van der Waals surface area contributed by atoms with Crippen LogP contribution in [0.2, 0.25) is 0 Å². The first-order valence-electron chi connectivity index (χ1n) is 16.8. The van der Waals surface area contributed by atoms with Gasteiger partial charge in [0.15, 0.2) is 0 Å². The van der Waals surface area contributed by atoms with Crippen molar-refractivity contribution in [1.29, 1.82) is 0 Å². The van der Waals surface area contributed by atoms with Gasteiger partial charge in [0.1, 0.15) is 5.78 Å². The van der Waals surface area contributed by atoms with Crippen molar-refractivity contribution in [2.75, 3.05) is 14.2 Å². The minimum absolute atomic E-state index is 0.0675. The molecule has 0 radical (unpaired) electrons. The zero-order valence-corrected chi connectivity index (χ0v) is 29.2. The number of hydrogen-bond acceptors (Lipinski definition) is 3. The summed E-state index contributed by atoms with van der Waals surface area (Å²) < 4.78 is 11.6. The summed E-state index contributed by atoms with van der Waals surface area (Å²) in [6.45, 7) is 24.3. The van der Waals surface area contributed by atoms with Crippen molar-refractivity contribution in [2.45, 2.75) is 126 Å². The quantitative estimate of drug-likeness (QED) is 0.112. The molecule has 0 saturated heterocycles. The maximum atomic E-state index is 13.3. The molecule has 0 aromatic heterocycles. The summed E-state index contributed by atoms with van der Waals surface area (Å²) in [4.78, 5) is 13.3. The molecule has 3 heteroatoms. The van der Waals surface area contributed by atoms with Crippen molar-refractivity contribution >= 4 is 5.78 Å². The molecule has 1 fully saturated rings. The average molecular weight is 583 g/mol. The number of allylic oxidation sites excluding steroid dienone is 7. The predicted octanol–water partition coefficient (Wildman–Crippen LogP) is 10.7. The molecule has 1 aliphatic rings. The monoisotopic (exact) mass is 583 g/mol. The lowest BCUT2D eigenvalue weighted by Crippen LogP contribution is -2.28. The minimum atomic E-state index is -0.0907. The summed E-state index contributed by atoms with van der Waals surface area (Å²) in [7, 11) is 3.62. The van der Waals surface area contributed by atoms with Gasteiger partial charge >= 0.3 is 0 Å². The van der Waals surface area contributed by atoms with Gasteiger partial charge < -0.3 is 9.47 Å². The van der Waals surface area contributed by atoms with Crippen molar-refractivity contribution in [3.05, 3.63) is 59.8 Å². The van der Waals surface area contributed by atoms with Crippen molar-refractivity contribution < 1.29 is 14.3 Å². The molecule has 240 valence electrons. The highest BCUT2D eigenvalue weighted by molar-refractivity contribution is 5.82. The largest absolute Gasteiger partial charge is 0.381 e. The van der Waals surface area contributed by atoms with Gasteiger partial charge in [0, 0.05) is 32.5 Å². The van der Waals surface area contributed by atoms with E-state index in [1.54, 1.807) is 7.11 Å². The summed E-state index contributed by atoms with van der Waals surface area (Å²) in [5.74, 6) is 2.87. The van der Waals surface area contributed by atoms with E-state index in [1.165, 1.54) is 43.3 Å². The van der Waals surface area contributed by atoms with Crippen LogP contribution in [0.5, 0.6) is 0 Å². The number of rotatable bonds is 19. The molecule has 0 aromatic rings. The highest BCUT2D eigenvalue weighted by Crippen LogP contribution is 2.34. The van der Waals surface area contributed by atoms with Gasteiger partial charge in [-0.05, 0) is 81.1 Å². The lowest BCUT2D eigenvalue weighted by Gasteiger charge is -2.31. The van der Waals surface area contributed by atoms with Crippen LogP contribution < -0.4 is 0 Å². The normalized spacial score (nSPS) is 23.9. The van der Waals surface area contributed by atoms with Crippen LogP contribution in [-0.4, -0.2) is 32.2 Å². The van der Waals surface area contributed by atoms with E-state index in [-0.39, 0.29) is 17.9 Å². The number of Topliss-reactive ketones (excluding diaryl/α,β-unsaturated/α-hetero) is 1. The van der Waals surface area contributed by atoms with E-state index in [0.29, 0.717) is 42.0 Å². The SMILES string of the molecule is C=C(C(C)C[C@H](C)/C=C/C=C/C=C(\C)CC)[C@H](OC)[C@H](C)/C(C)=C/[C@@H](C)C(=O)CC(C)[C@H](C)CC1CCCC(OC)C1. The zero-order chi connectivity index (χ0) is 31.8. The molecule has 1 rings (SSSR count). The maximum Gasteiger partial charge on any atom is 0.139 e. The van der Waals surface area contributed by atoms with Gasteiger partial charge in [0.2, 0.25) is 0 Å². The Labute approximate surface area is 261 Å². The van der Waals surface area contributed by atoms with E-state index in [4.69, 9.17) is 9.47 Å². The van der Waals surface area contributed by atoms with Crippen molar-refractivity contribution in [2.24, 2.45) is 41.4 Å². The van der Waals surface area contributed by atoms with Gasteiger partial charge in [0.25, 0.3) is 0 Å². The second kappa shape index (κ2) is 20.3. The van der Waals surface area contributed by atoms with E-state index in [2.05, 4.69) is 105 Å². The summed E-state index contributed by atoms with van der Waals surface area (Å²) in [6, 6.07) is 0. The Morgan fingerprint density at radius 2 is 1.67 bits per heavy atom. The summed E-state index contributed by atoms with van der Waals surface area (Å²) >= 11 is 0. The van der Waals surface area contributed by atoms with E-state index in [1.807, 2.05) is 7.11 Å². The number of carbonyl (C=O) groups excluding carboxylic acids is 1. The molecule has 0 aromatic carbocycles. The highest BCUT2D eigenvalue weighted by Gasteiger charge is 2.28. The minimum Gasteiger partial charge on any atom is -0.381 e. The first-order chi connectivity index (χ1) is 19.8. The number of carbonyl (C=O) groups is 1. The van der Waals surface area contributed by atoms with Crippen molar-refractivity contribution in [3.63, 3.8) is 0 Å². The third-order valence-electron chi connectivity index (χ3n) is 10.0. The van der Waals surface area contributed by atoms with Crippen LogP contribution in [0, 0.1) is 41.4 Å². The smallest absolute Gasteiger partial charge is 0.139 e. The molecule has 0 bridgehead atoms. The molecule has 0 N–H and O–H groups in total. The van der Waals surface area contributed by atoms with Crippen LogP contribution in [0.15, 0.2) is 59.8 Å². The van der Waals surface area contributed by atoms with E-state index < -0.39 is 0 Å².